The highest BCUT2D eigenvalue weighted by molar-refractivity contribution is 5.79. The summed E-state index contributed by atoms with van der Waals surface area (Å²) < 4.78 is 11.0. The molecule has 0 spiro atoms. The molecule has 1 heterocycles. The number of carbonyl (C=O) groups is 1. The number of benzene rings is 1. The van der Waals surface area contributed by atoms with E-state index in [0.717, 1.165) is 17.1 Å². The predicted octanol–water partition coefficient (Wildman–Crippen LogP) is 0.763. The molecular weight excluding hydrogens is 232 g/mol. The van der Waals surface area contributed by atoms with Crippen molar-refractivity contribution >= 4 is 5.91 Å². The topological polar surface area (TPSA) is 64.8 Å². The Hall–Kier alpha value is -1.75. The van der Waals surface area contributed by atoms with Crippen LogP contribution in [0.4, 0.5) is 0 Å². The van der Waals surface area contributed by atoms with Gasteiger partial charge in [0.05, 0.1) is 6.04 Å². The molecule has 0 bridgehead atoms. The summed E-state index contributed by atoms with van der Waals surface area (Å²) in [4.78, 5) is 13.0. The number of rotatable bonds is 4. The first-order valence-corrected chi connectivity index (χ1v) is 5.96. The van der Waals surface area contributed by atoms with Crippen molar-refractivity contribution in [3.8, 4) is 11.5 Å². The monoisotopic (exact) mass is 250 g/mol. The number of carbonyl (C=O) groups excluding carboxylic acids is 1. The molecule has 1 aromatic carbocycles. The number of amides is 1. The minimum Gasteiger partial charge on any atom is -0.486 e. The zero-order chi connectivity index (χ0) is 13.1. The van der Waals surface area contributed by atoms with Crippen LogP contribution in [0.3, 0.4) is 0 Å². The lowest BCUT2D eigenvalue weighted by molar-refractivity contribution is -0.122. The average molecular weight is 250 g/mol. The molecular formula is C13H18N2O3. The van der Waals surface area contributed by atoms with E-state index in [-0.39, 0.29) is 11.9 Å². The van der Waals surface area contributed by atoms with Gasteiger partial charge in [-0.2, -0.15) is 0 Å². The molecule has 1 aliphatic heterocycles. The van der Waals surface area contributed by atoms with Crippen LogP contribution in [0.15, 0.2) is 18.2 Å². The molecule has 0 aromatic heterocycles. The molecule has 1 aliphatic rings. The van der Waals surface area contributed by atoms with E-state index < -0.39 is 0 Å². The van der Waals surface area contributed by atoms with Gasteiger partial charge in [-0.25, -0.2) is 0 Å². The van der Waals surface area contributed by atoms with Crippen LogP contribution in [0.25, 0.3) is 0 Å². The first-order valence-electron chi connectivity index (χ1n) is 5.96. The lowest BCUT2D eigenvalue weighted by Crippen LogP contribution is -2.39. The lowest BCUT2D eigenvalue weighted by Gasteiger charge is -2.23. The Kier molecular flexibility index (Phi) is 3.72. The maximum atomic E-state index is 11.1. The highest BCUT2D eigenvalue weighted by atomic mass is 16.6. The maximum absolute atomic E-state index is 11.1. The second-order valence-electron chi connectivity index (χ2n) is 4.47. The van der Waals surface area contributed by atoms with Gasteiger partial charge in [0.25, 0.3) is 0 Å². The van der Waals surface area contributed by atoms with Crippen molar-refractivity contribution in [3.05, 3.63) is 23.8 Å². The summed E-state index contributed by atoms with van der Waals surface area (Å²) in [7, 11) is 1.87. The van der Waals surface area contributed by atoms with Crippen LogP contribution in [0.2, 0.25) is 0 Å². The molecule has 2 rings (SSSR count). The minimum absolute atomic E-state index is 0.293. The van der Waals surface area contributed by atoms with Crippen LogP contribution in [0.5, 0.6) is 11.5 Å². The van der Waals surface area contributed by atoms with Crippen LogP contribution in [0.1, 0.15) is 12.5 Å². The number of nitrogens with two attached hydrogens (primary N) is 1. The zero-order valence-corrected chi connectivity index (χ0v) is 10.7. The SMILES string of the molecule is CC(C(N)=O)N(C)Cc1ccc2c(c1)OCCO2. The molecule has 98 valence electrons. The molecule has 5 nitrogen and oxygen atoms in total. The zero-order valence-electron chi connectivity index (χ0n) is 10.7. The van der Waals surface area contributed by atoms with Gasteiger partial charge in [0, 0.05) is 6.54 Å². The predicted molar refractivity (Wildman–Crippen MR) is 67.6 cm³/mol. The first kappa shape index (κ1) is 12.7. The van der Waals surface area contributed by atoms with Gasteiger partial charge in [-0.1, -0.05) is 6.07 Å². The number of hydrogen-bond donors (Lipinski definition) is 1. The van der Waals surface area contributed by atoms with Crippen LogP contribution in [0, 0.1) is 0 Å². The van der Waals surface area contributed by atoms with E-state index in [1.807, 2.05) is 30.1 Å². The standard InChI is InChI=1S/C13H18N2O3/c1-9(13(14)16)15(2)8-10-3-4-11-12(7-10)18-6-5-17-11/h3-4,7,9H,5-6,8H2,1-2H3,(H2,14,16). The Labute approximate surface area is 106 Å². The molecule has 1 unspecified atom stereocenters. The highest BCUT2D eigenvalue weighted by Gasteiger charge is 2.17. The number of ether oxygens (including phenoxy) is 2. The summed E-state index contributed by atoms with van der Waals surface area (Å²) in [6.07, 6.45) is 0. The molecule has 0 fully saturated rings. The van der Waals surface area contributed by atoms with E-state index >= 15 is 0 Å². The molecule has 18 heavy (non-hydrogen) atoms. The molecule has 1 atom stereocenters. The number of hydrogen-bond acceptors (Lipinski definition) is 4. The second-order valence-corrected chi connectivity index (χ2v) is 4.47. The third kappa shape index (κ3) is 2.73. The largest absolute Gasteiger partial charge is 0.486 e. The summed E-state index contributed by atoms with van der Waals surface area (Å²) in [5, 5.41) is 0. The van der Waals surface area contributed by atoms with Gasteiger partial charge >= 0.3 is 0 Å². The maximum Gasteiger partial charge on any atom is 0.234 e. The van der Waals surface area contributed by atoms with Crippen molar-refractivity contribution in [2.45, 2.75) is 19.5 Å². The van der Waals surface area contributed by atoms with E-state index in [2.05, 4.69) is 0 Å². The summed E-state index contributed by atoms with van der Waals surface area (Å²) in [5.74, 6) is 1.21. The van der Waals surface area contributed by atoms with Crippen LogP contribution < -0.4 is 15.2 Å². The molecule has 1 aromatic rings. The second kappa shape index (κ2) is 5.27. The van der Waals surface area contributed by atoms with Crippen molar-refractivity contribution in [2.75, 3.05) is 20.3 Å². The average Bonchev–Trinajstić information content (AvgIpc) is 2.37. The van der Waals surface area contributed by atoms with Crippen molar-refractivity contribution in [3.63, 3.8) is 0 Å². The normalized spacial score (nSPS) is 15.5. The number of fused-ring (bicyclic) bond motifs is 1. The summed E-state index contributed by atoms with van der Waals surface area (Å²) in [6, 6.07) is 5.52. The van der Waals surface area contributed by atoms with E-state index in [4.69, 9.17) is 15.2 Å². The molecule has 0 aliphatic carbocycles. The van der Waals surface area contributed by atoms with Gasteiger partial charge in [-0.15, -0.1) is 0 Å². The van der Waals surface area contributed by atoms with Crippen LogP contribution in [-0.4, -0.2) is 37.1 Å². The summed E-state index contributed by atoms with van der Waals surface area (Å²) >= 11 is 0. The lowest BCUT2D eigenvalue weighted by atomic mass is 10.1. The molecule has 1 amide bonds. The van der Waals surface area contributed by atoms with Crippen molar-refractivity contribution < 1.29 is 14.3 Å². The van der Waals surface area contributed by atoms with Gasteiger partial charge in [0.1, 0.15) is 13.2 Å². The van der Waals surface area contributed by atoms with Crippen LogP contribution in [-0.2, 0) is 11.3 Å². The number of nitrogens with zero attached hydrogens (tertiary/aromatic N) is 1. The smallest absolute Gasteiger partial charge is 0.234 e. The highest BCUT2D eigenvalue weighted by Crippen LogP contribution is 2.31. The molecule has 2 N–H and O–H groups in total. The first-order chi connectivity index (χ1) is 8.58. The quantitative estimate of drug-likeness (QED) is 0.857. The summed E-state index contributed by atoms with van der Waals surface area (Å²) in [5.41, 5.74) is 6.34. The van der Waals surface area contributed by atoms with Gasteiger partial charge in [0.15, 0.2) is 11.5 Å². The Balaban J connectivity index is 2.08. The molecule has 0 saturated heterocycles. The van der Waals surface area contributed by atoms with Crippen molar-refractivity contribution in [1.82, 2.24) is 4.90 Å². The summed E-state index contributed by atoms with van der Waals surface area (Å²) in [6.45, 7) is 3.59. The Bertz CT molecular complexity index is 448. The van der Waals surface area contributed by atoms with E-state index in [9.17, 15) is 4.79 Å². The fourth-order valence-corrected chi connectivity index (χ4v) is 1.83. The molecule has 0 saturated carbocycles. The van der Waals surface area contributed by atoms with E-state index in [1.165, 1.54) is 0 Å². The Morgan fingerprint density at radius 3 is 2.72 bits per heavy atom. The number of primary amides is 1. The molecule has 0 radical (unpaired) electrons. The van der Waals surface area contributed by atoms with Gasteiger partial charge in [-0.3, -0.25) is 9.69 Å². The van der Waals surface area contributed by atoms with Gasteiger partial charge < -0.3 is 15.2 Å². The Morgan fingerprint density at radius 1 is 1.39 bits per heavy atom. The number of likely N-dealkylation sites (N-methyl/N-ethyl adjacent to an activating group) is 1. The van der Waals surface area contributed by atoms with E-state index in [0.29, 0.717) is 19.8 Å². The van der Waals surface area contributed by atoms with Crippen molar-refractivity contribution in [1.29, 1.82) is 0 Å². The van der Waals surface area contributed by atoms with Gasteiger partial charge in [-0.05, 0) is 31.7 Å². The van der Waals surface area contributed by atoms with Crippen LogP contribution >= 0.6 is 0 Å². The third-order valence-electron chi connectivity index (χ3n) is 3.11. The third-order valence-corrected chi connectivity index (χ3v) is 3.11. The van der Waals surface area contributed by atoms with Gasteiger partial charge in [0.2, 0.25) is 5.91 Å². The Morgan fingerprint density at radius 2 is 2.06 bits per heavy atom. The van der Waals surface area contributed by atoms with E-state index in [1.54, 1.807) is 6.92 Å². The minimum atomic E-state index is -0.324. The fourth-order valence-electron chi connectivity index (χ4n) is 1.83. The fraction of sp³-hybridized carbons (Fsp3) is 0.462. The van der Waals surface area contributed by atoms with Crippen molar-refractivity contribution in [2.24, 2.45) is 5.73 Å². The molecule has 5 heteroatoms.